The lowest BCUT2D eigenvalue weighted by atomic mass is 10.2. The van der Waals surface area contributed by atoms with Gasteiger partial charge in [-0.15, -0.1) is 0 Å². The molecule has 0 aromatic heterocycles. The largest absolute Gasteiger partial charge is 0.484 e. The van der Waals surface area contributed by atoms with Crippen molar-refractivity contribution in [2.24, 2.45) is 0 Å². The number of benzene rings is 2. The number of hydrogen-bond acceptors (Lipinski definition) is 3. The van der Waals surface area contributed by atoms with Gasteiger partial charge in [0, 0.05) is 18.8 Å². The molecular formula is C20H22N2O3. The molecule has 2 aromatic rings. The minimum absolute atomic E-state index is 0.0543. The molecule has 0 atom stereocenters. The summed E-state index contributed by atoms with van der Waals surface area (Å²) in [4.78, 5) is 28.0. The van der Waals surface area contributed by atoms with Crippen LogP contribution in [0.5, 0.6) is 5.75 Å². The van der Waals surface area contributed by atoms with Crippen LogP contribution >= 0.6 is 0 Å². The van der Waals surface area contributed by atoms with Gasteiger partial charge in [0.1, 0.15) is 12.3 Å². The average Bonchev–Trinajstić information content (AvgIpc) is 2.60. The van der Waals surface area contributed by atoms with Gasteiger partial charge in [-0.2, -0.15) is 0 Å². The third-order valence-electron chi connectivity index (χ3n) is 4.27. The highest BCUT2D eigenvalue weighted by Gasteiger charge is 2.28. The molecule has 0 N–H and O–H groups in total. The van der Waals surface area contributed by atoms with E-state index in [-0.39, 0.29) is 25.0 Å². The lowest BCUT2D eigenvalue weighted by Gasteiger charge is -2.34. The maximum atomic E-state index is 12.4. The van der Waals surface area contributed by atoms with E-state index in [0.717, 1.165) is 16.8 Å². The fraction of sp³-hybridized carbons (Fsp3) is 0.300. The van der Waals surface area contributed by atoms with Crippen molar-refractivity contribution in [3.8, 4) is 5.75 Å². The molecule has 1 aliphatic rings. The van der Waals surface area contributed by atoms with Crippen LogP contribution in [0, 0.1) is 13.8 Å². The highest BCUT2D eigenvalue weighted by Crippen LogP contribution is 2.18. The molecule has 5 nitrogen and oxygen atoms in total. The van der Waals surface area contributed by atoms with E-state index >= 15 is 0 Å². The molecule has 5 heteroatoms. The number of aryl methyl sites for hydroxylation is 2. The zero-order valence-electron chi connectivity index (χ0n) is 14.6. The van der Waals surface area contributed by atoms with Gasteiger partial charge in [0.25, 0.3) is 5.91 Å². The Bertz CT molecular complexity index is 771. The monoisotopic (exact) mass is 338 g/mol. The van der Waals surface area contributed by atoms with Crippen molar-refractivity contribution < 1.29 is 14.3 Å². The van der Waals surface area contributed by atoms with E-state index in [1.165, 1.54) is 0 Å². The molecule has 2 aromatic carbocycles. The fourth-order valence-corrected chi connectivity index (χ4v) is 2.83. The van der Waals surface area contributed by atoms with Crippen LogP contribution in [-0.4, -0.2) is 43.0 Å². The van der Waals surface area contributed by atoms with Crippen LogP contribution in [0.3, 0.4) is 0 Å². The summed E-state index contributed by atoms with van der Waals surface area (Å²) < 4.78 is 5.55. The molecule has 0 unspecified atom stereocenters. The van der Waals surface area contributed by atoms with E-state index in [9.17, 15) is 9.59 Å². The van der Waals surface area contributed by atoms with E-state index in [1.54, 1.807) is 9.80 Å². The molecule has 1 saturated heterocycles. The van der Waals surface area contributed by atoms with Gasteiger partial charge >= 0.3 is 0 Å². The average molecular weight is 338 g/mol. The van der Waals surface area contributed by atoms with Gasteiger partial charge in [0.05, 0.1) is 0 Å². The lowest BCUT2D eigenvalue weighted by Crippen LogP contribution is -2.53. The van der Waals surface area contributed by atoms with Crippen molar-refractivity contribution in [3.63, 3.8) is 0 Å². The number of rotatable bonds is 4. The quantitative estimate of drug-likeness (QED) is 0.861. The first-order valence-electron chi connectivity index (χ1n) is 8.37. The van der Waals surface area contributed by atoms with E-state index < -0.39 is 0 Å². The zero-order chi connectivity index (χ0) is 17.8. The molecule has 0 spiro atoms. The number of piperazine rings is 1. The summed E-state index contributed by atoms with van der Waals surface area (Å²) in [6, 6.07) is 15.4. The second kappa shape index (κ2) is 7.38. The number of hydrogen-bond donors (Lipinski definition) is 0. The Hall–Kier alpha value is -2.82. The van der Waals surface area contributed by atoms with Crippen molar-refractivity contribution in [3.05, 3.63) is 59.7 Å². The fourth-order valence-electron chi connectivity index (χ4n) is 2.83. The summed E-state index contributed by atoms with van der Waals surface area (Å²) >= 11 is 0. The molecule has 1 aliphatic heterocycles. The molecule has 2 amide bonds. The molecule has 0 saturated carbocycles. The number of amides is 2. The number of carbonyl (C=O) groups excluding carboxylic acids is 2. The highest BCUT2D eigenvalue weighted by atomic mass is 16.5. The van der Waals surface area contributed by atoms with Crippen molar-refractivity contribution in [1.29, 1.82) is 0 Å². The Morgan fingerprint density at radius 3 is 2.48 bits per heavy atom. The second-order valence-corrected chi connectivity index (χ2v) is 6.30. The van der Waals surface area contributed by atoms with Crippen LogP contribution in [0.15, 0.2) is 48.5 Å². The number of ether oxygens (including phenoxy) is 1. The predicted molar refractivity (Wildman–Crippen MR) is 96.8 cm³/mol. The molecule has 0 radical (unpaired) electrons. The Morgan fingerprint density at radius 1 is 1.04 bits per heavy atom. The third kappa shape index (κ3) is 4.18. The summed E-state index contributed by atoms with van der Waals surface area (Å²) in [5, 5.41) is 0. The Kier molecular flexibility index (Phi) is 5.03. The summed E-state index contributed by atoms with van der Waals surface area (Å²) in [7, 11) is 0. The van der Waals surface area contributed by atoms with Crippen molar-refractivity contribution >= 4 is 17.5 Å². The van der Waals surface area contributed by atoms with Crippen LogP contribution in [0.1, 0.15) is 11.1 Å². The first-order chi connectivity index (χ1) is 12.0. The molecular weight excluding hydrogens is 316 g/mol. The standard InChI is InChI=1S/C20H22N2O3/c1-15-6-8-17(9-7-15)22-11-10-21(13-19(22)23)20(24)14-25-18-5-3-4-16(2)12-18/h3-9,12H,10-11,13-14H2,1-2H3. The molecule has 0 aliphatic carbocycles. The number of carbonyl (C=O) groups is 2. The van der Waals surface area contributed by atoms with E-state index in [4.69, 9.17) is 4.74 Å². The first-order valence-corrected chi connectivity index (χ1v) is 8.37. The minimum Gasteiger partial charge on any atom is -0.484 e. The van der Waals surface area contributed by atoms with Gasteiger partial charge in [0.2, 0.25) is 5.91 Å². The second-order valence-electron chi connectivity index (χ2n) is 6.30. The van der Waals surface area contributed by atoms with Crippen LogP contribution < -0.4 is 9.64 Å². The lowest BCUT2D eigenvalue weighted by molar-refractivity contribution is -0.138. The Morgan fingerprint density at radius 2 is 1.80 bits per heavy atom. The number of nitrogens with zero attached hydrogens (tertiary/aromatic N) is 2. The Balaban J connectivity index is 1.56. The molecule has 1 fully saturated rings. The van der Waals surface area contributed by atoms with Gasteiger partial charge in [-0.1, -0.05) is 29.8 Å². The highest BCUT2D eigenvalue weighted by molar-refractivity contribution is 5.98. The van der Waals surface area contributed by atoms with Gasteiger partial charge in [0.15, 0.2) is 6.61 Å². The predicted octanol–water partition coefficient (Wildman–Crippen LogP) is 2.56. The van der Waals surface area contributed by atoms with E-state index in [1.807, 2.05) is 62.4 Å². The maximum absolute atomic E-state index is 12.4. The summed E-state index contributed by atoms with van der Waals surface area (Å²) in [6.45, 7) is 5.02. The van der Waals surface area contributed by atoms with Gasteiger partial charge in [-0.3, -0.25) is 9.59 Å². The summed E-state index contributed by atoms with van der Waals surface area (Å²) in [5.41, 5.74) is 3.10. The first kappa shape index (κ1) is 17.0. The summed E-state index contributed by atoms with van der Waals surface area (Å²) in [5.74, 6) is 0.426. The van der Waals surface area contributed by atoms with Crippen molar-refractivity contribution in [1.82, 2.24) is 4.90 Å². The van der Waals surface area contributed by atoms with Crippen LogP contribution in [0.25, 0.3) is 0 Å². The van der Waals surface area contributed by atoms with Gasteiger partial charge in [-0.05, 0) is 43.7 Å². The van der Waals surface area contributed by atoms with Gasteiger partial charge in [-0.25, -0.2) is 0 Å². The molecule has 3 rings (SSSR count). The van der Waals surface area contributed by atoms with E-state index in [2.05, 4.69) is 0 Å². The molecule has 130 valence electrons. The SMILES string of the molecule is Cc1ccc(N2CCN(C(=O)COc3cccc(C)c3)CC2=O)cc1. The van der Waals surface area contributed by atoms with Crippen molar-refractivity contribution in [2.75, 3.05) is 31.1 Å². The topological polar surface area (TPSA) is 49.9 Å². The molecule has 0 bridgehead atoms. The van der Waals surface area contributed by atoms with Crippen LogP contribution in [-0.2, 0) is 9.59 Å². The molecule has 25 heavy (non-hydrogen) atoms. The minimum atomic E-state index is -0.168. The molecule has 1 heterocycles. The van der Waals surface area contributed by atoms with Crippen molar-refractivity contribution in [2.45, 2.75) is 13.8 Å². The zero-order valence-corrected chi connectivity index (χ0v) is 14.6. The van der Waals surface area contributed by atoms with E-state index in [0.29, 0.717) is 18.8 Å². The van der Waals surface area contributed by atoms with Crippen LogP contribution in [0.4, 0.5) is 5.69 Å². The normalized spacial score (nSPS) is 14.6. The smallest absolute Gasteiger partial charge is 0.261 e. The number of anilines is 1. The summed E-state index contributed by atoms with van der Waals surface area (Å²) in [6.07, 6.45) is 0. The van der Waals surface area contributed by atoms with Gasteiger partial charge < -0.3 is 14.5 Å². The van der Waals surface area contributed by atoms with Crippen LogP contribution in [0.2, 0.25) is 0 Å². The Labute approximate surface area is 147 Å². The third-order valence-corrected chi connectivity index (χ3v) is 4.27. The maximum Gasteiger partial charge on any atom is 0.261 e.